The van der Waals surface area contributed by atoms with Crippen LogP contribution in [0.5, 0.6) is 0 Å². The second-order valence-corrected chi connectivity index (χ2v) is 2.37. The molecule has 0 fully saturated rings. The zero-order valence-corrected chi connectivity index (χ0v) is 6.02. The molecule has 0 radical (unpaired) electrons. The third kappa shape index (κ3) is 1.75. The van der Waals surface area contributed by atoms with Gasteiger partial charge in [0, 0.05) is 10.7 Å². The van der Waals surface area contributed by atoms with Crippen molar-refractivity contribution >= 4 is 15.9 Å². The summed E-state index contributed by atoms with van der Waals surface area (Å²) in [6.07, 6.45) is 1.34. The van der Waals surface area contributed by atoms with Gasteiger partial charge in [0.05, 0.1) is 8.44 Å². The molecule has 3 heteroatoms. The van der Waals surface area contributed by atoms with Gasteiger partial charge in [0.2, 0.25) is 0 Å². The van der Waals surface area contributed by atoms with Crippen LogP contribution < -0.4 is 0 Å². The lowest BCUT2D eigenvalue weighted by atomic mass is 10.4. The van der Waals surface area contributed by atoms with E-state index in [1.54, 1.807) is 6.07 Å². The Morgan fingerprint density at radius 3 is 3.11 bits per heavy atom. The van der Waals surface area contributed by atoms with Crippen molar-refractivity contribution in [3.8, 4) is 0 Å². The van der Waals surface area contributed by atoms with Crippen LogP contribution in [-0.4, -0.2) is 4.98 Å². The number of hydrogen-bond acceptors (Lipinski definition) is 1. The molecule has 1 nitrogen and oxygen atoms in total. The molecule has 0 aromatic carbocycles. The first-order valence-electron chi connectivity index (χ1n) is 3.31. The fourth-order valence-corrected chi connectivity index (χ4v) is 0.791. The molecule has 0 saturated heterocycles. The highest BCUT2D eigenvalue weighted by atomic mass is 79.9. The van der Waals surface area contributed by atoms with E-state index in [1.165, 1.54) is 12.3 Å². The van der Waals surface area contributed by atoms with Crippen molar-refractivity contribution in [2.24, 2.45) is 0 Å². The third-order valence-electron chi connectivity index (χ3n) is 0.819. The zero-order valence-electron chi connectivity index (χ0n) is 6.44. The first-order chi connectivity index (χ1) is 5.00. The summed E-state index contributed by atoms with van der Waals surface area (Å²) in [6.45, 7) is -2.86. The highest BCUT2D eigenvalue weighted by Crippen LogP contribution is 2.09. The molecule has 1 heterocycles. The molecule has 0 saturated carbocycles. The maximum absolute atomic E-state index is 12.6. The van der Waals surface area contributed by atoms with Crippen LogP contribution in [0.15, 0.2) is 22.8 Å². The van der Waals surface area contributed by atoms with E-state index in [-0.39, 0.29) is 5.69 Å². The zero-order chi connectivity index (χ0) is 8.48. The topological polar surface area (TPSA) is 12.9 Å². The van der Waals surface area contributed by atoms with Crippen LogP contribution in [0.2, 0.25) is 0 Å². The Bertz CT molecular complexity index is 261. The van der Waals surface area contributed by atoms with E-state index >= 15 is 0 Å². The van der Waals surface area contributed by atoms with Gasteiger partial charge in [-0.3, -0.25) is 4.98 Å². The molecule has 0 aliphatic heterocycles. The van der Waals surface area contributed by atoms with E-state index in [9.17, 15) is 4.39 Å². The van der Waals surface area contributed by atoms with Crippen LogP contribution >= 0.6 is 15.9 Å². The SMILES string of the molecule is [2H]C([2H])(F)c1cc(Br)ccn1. The van der Waals surface area contributed by atoms with E-state index in [1.807, 2.05) is 0 Å². The molecular formula is C6H5BrFN. The van der Waals surface area contributed by atoms with Gasteiger partial charge in [-0.1, -0.05) is 15.9 Å². The lowest BCUT2D eigenvalue weighted by molar-refractivity contribution is 0.476. The van der Waals surface area contributed by atoms with Gasteiger partial charge in [-0.25, -0.2) is 4.39 Å². The third-order valence-corrected chi connectivity index (χ3v) is 1.31. The van der Waals surface area contributed by atoms with Gasteiger partial charge in [0.15, 0.2) is 0 Å². The van der Waals surface area contributed by atoms with Crippen molar-refractivity contribution in [3.63, 3.8) is 0 Å². The Morgan fingerprint density at radius 2 is 2.67 bits per heavy atom. The standard InChI is InChI=1S/C6H5BrFN/c7-5-1-2-9-6(3-5)4-8/h1-3H,4H2/i4D2. The maximum Gasteiger partial charge on any atom is 0.131 e. The number of halogens is 2. The summed E-state index contributed by atoms with van der Waals surface area (Å²) >= 11 is 3.08. The lowest BCUT2D eigenvalue weighted by Gasteiger charge is -1.91. The molecule has 9 heavy (non-hydrogen) atoms. The Morgan fingerprint density at radius 1 is 1.89 bits per heavy atom. The number of aromatic nitrogens is 1. The maximum atomic E-state index is 12.6. The largest absolute Gasteiger partial charge is 0.258 e. The average molecular weight is 192 g/mol. The lowest BCUT2D eigenvalue weighted by Crippen LogP contribution is -1.82. The van der Waals surface area contributed by atoms with Crippen molar-refractivity contribution < 1.29 is 7.13 Å². The molecule has 0 N–H and O–H groups in total. The Hall–Kier alpha value is -0.440. The number of rotatable bonds is 1. The molecule has 48 valence electrons. The Balaban J connectivity index is 3.06. The van der Waals surface area contributed by atoms with Crippen LogP contribution in [0, 0.1) is 0 Å². The Labute approximate surface area is 63.9 Å². The highest BCUT2D eigenvalue weighted by Gasteiger charge is 1.91. The van der Waals surface area contributed by atoms with Crippen molar-refractivity contribution in [1.29, 1.82) is 0 Å². The molecule has 0 unspecified atom stereocenters. The quantitative estimate of drug-likeness (QED) is 0.665. The van der Waals surface area contributed by atoms with Gasteiger partial charge >= 0.3 is 0 Å². The normalized spacial score (nSPS) is 14.4. The average Bonchev–Trinajstić information content (AvgIpc) is 1.86. The van der Waals surface area contributed by atoms with E-state index in [0.717, 1.165) is 0 Å². The summed E-state index contributed by atoms with van der Waals surface area (Å²) in [7, 11) is 0. The summed E-state index contributed by atoms with van der Waals surface area (Å²) < 4.78 is 26.5. The minimum Gasteiger partial charge on any atom is -0.258 e. The molecule has 0 amide bonds. The smallest absolute Gasteiger partial charge is 0.131 e. The summed E-state index contributed by atoms with van der Waals surface area (Å²) in [5, 5.41) is 0. The van der Waals surface area contributed by atoms with Crippen molar-refractivity contribution in [1.82, 2.24) is 4.98 Å². The minimum absolute atomic E-state index is 0.216. The summed E-state index contributed by atoms with van der Waals surface area (Å²) in [5.41, 5.74) is -0.216. The fourth-order valence-electron chi connectivity index (χ4n) is 0.456. The van der Waals surface area contributed by atoms with E-state index in [2.05, 4.69) is 20.9 Å². The molecule has 0 spiro atoms. The van der Waals surface area contributed by atoms with Gasteiger partial charge in [-0.15, -0.1) is 0 Å². The second kappa shape index (κ2) is 2.92. The van der Waals surface area contributed by atoms with E-state index < -0.39 is 6.63 Å². The highest BCUT2D eigenvalue weighted by molar-refractivity contribution is 9.10. The van der Waals surface area contributed by atoms with Crippen molar-refractivity contribution in [3.05, 3.63) is 28.5 Å². The van der Waals surface area contributed by atoms with Crippen LogP contribution in [0.25, 0.3) is 0 Å². The van der Waals surface area contributed by atoms with Gasteiger partial charge in [0.1, 0.15) is 6.63 Å². The van der Waals surface area contributed by atoms with Gasteiger partial charge in [-0.2, -0.15) is 0 Å². The first kappa shape index (κ1) is 4.39. The van der Waals surface area contributed by atoms with Gasteiger partial charge < -0.3 is 0 Å². The molecule has 0 atom stereocenters. The number of pyridine rings is 1. The monoisotopic (exact) mass is 191 g/mol. The first-order valence-corrected chi connectivity index (χ1v) is 3.10. The predicted octanol–water partition coefficient (Wildman–Crippen LogP) is 2.31. The minimum atomic E-state index is -2.86. The summed E-state index contributed by atoms with van der Waals surface area (Å²) in [5.74, 6) is 0. The van der Waals surface area contributed by atoms with Crippen LogP contribution in [0.4, 0.5) is 4.39 Å². The second-order valence-electron chi connectivity index (χ2n) is 1.45. The summed E-state index contributed by atoms with van der Waals surface area (Å²) in [6, 6.07) is 2.91. The molecule has 0 aliphatic rings. The van der Waals surface area contributed by atoms with Crippen molar-refractivity contribution in [2.75, 3.05) is 0 Å². The number of alkyl halides is 1. The van der Waals surface area contributed by atoms with Crippen LogP contribution in [0.3, 0.4) is 0 Å². The molecule has 1 aromatic rings. The number of hydrogen-bond donors (Lipinski definition) is 0. The van der Waals surface area contributed by atoms with Gasteiger partial charge in [0.25, 0.3) is 0 Å². The van der Waals surface area contributed by atoms with Crippen LogP contribution in [-0.2, 0) is 6.63 Å². The summed E-state index contributed by atoms with van der Waals surface area (Å²) in [4.78, 5) is 3.53. The van der Waals surface area contributed by atoms with Crippen molar-refractivity contribution in [2.45, 2.75) is 6.63 Å². The molecule has 0 aliphatic carbocycles. The van der Waals surface area contributed by atoms with Crippen LogP contribution in [0.1, 0.15) is 8.44 Å². The predicted molar refractivity (Wildman–Crippen MR) is 36.7 cm³/mol. The van der Waals surface area contributed by atoms with E-state index in [0.29, 0.717) is 4.47 Å². The Kier molecular flexibility index (Phi) is 1.42. The molecule has 1 aromatic heterocycles. The fraction of sp³-hybridized carbons (Fsp3) is 0.167. The van der Waals surface area contributed by atoms with E-state index in [4.69, 9.17) is 2.74 Å². The molecule has 0 bridgehead atoms. The molecular weight excluding hydrogens is 185 g/mol. The molecule has 1 rings (SSSR count). The van der Waals surface area contributed by atoms with Gasteiger partial charge in [-0.05, 0) is 12.1 Å². The number of nitrogens with zero attached hydrogens (tertiary/aromatic N) is 1.